The maximum Gasteiger partial charge on any atom is 0.0921 e. The van der Waals surface area contributed by atoms with Crippen LogP contribution in [0.3, 0.4) is 0 Å². The SMILES string of the molecule is CCC(CC(=N)N)N1CCCC(C(C)C)CC1. The summed E-state index contributed by atoms with van der Waals surface area (Å²) in [6.07, 6.45) is 5.82. The van der Waals surface area contributed by atoms with Gasteiger partial charge in [-0.25, -0.2) is 0 Å². The van der Waals surface area contributed by atoms with Gasteiger partial charge in [-0.3, -0.25) is 10.3 Å². The second kappa shape index (κ2) is 7.00. The van der Waals surface area contributed by atoms with E-state index in [1.54, 1.807) is 0 Å². The Morgan fingerprint density at radius 1 is 1.35 bits per heavy atom. The lowest BCUT2D eigenvalue weighted by Crippen LogP contribution is -2.38. The number of amidine groups is 1. The molecule has 17 heavy (non-hydrogen) atoms. The maximum atomic E-state index is 7.46. The molecule has 0 saturated carbocycles. The Kier molecular flexibility index (Phi) is 5.96. The van der Waals surface area contributed by atoms with Crippen LogP contribution in [0.15, 0.2) is 0 Å². The van der Waals surface area contributed by atoms with Crippen molar-refractivity contribution in [1.29, 1.82) is 5.41 Å². The molecule has 2 unspecified atom stereocenters. The van der Waals surface area contributed by atoms with Crippen molar-refractivity contribution in [1.82, 2.24) is 4.90 Å². The number of nitrogens with zero attached hydrogens (tertiary/aromatic N) is 1. The van der Waals surface area contributed by atoms with Gasteiger partial charge in [0.15, 0.2) is 0 Å². The van der Waals surface area contributed by atoms with E-state index >= 15 is 0 Å². The van der Waals surface area contributed by atoms with Crippen LogP contribution in [0.5, 0.6) is 0 Å². The van der Waals surface area contributed by atoms with Gasteiger partial charge in [-0.15, -0.1) is 0 Å². The topological polar surface area (TPSA) is 53.1 Å². The predicted octanol–water partition coefficient (Wildman–Crippen LogP) is 2.85. The zero-order valence-electron chi connectivity index (χ0n) is 11.7. The molecule has 0 aliphatic carbocycles. The molecule has 0 aromatic carbocycles. The number of nitrogens with one attached hydrogen (secondary N) is 1. The Balaban J connectivity index is 2.51. The van der Waals surface area contributed by atoms with Gasteiger partial charge in [0.2, 0.25) is 0 Å². The quantitative estimate of drug-likeness (QED) is 0.572. The molecule has 3 heteroatoms. The third kappa shape index (κ3) is 4.66. The molecule has 1 aliphatic rings. The molecule has 1 saturated heterocycles. The molecule has 0 amide bonds. The van der Waals surface area contributed by atoms with Gasteiger partial charge in [0.25, 0.3) is 0 Å². The Morgan fingerprint density at radius 2 is 2.06 bits per heavy atom. The standard InChI is InChI=1S/C14H29N3/c1-4-13(10-14(15)16)17-8-5-6-12(7-9-17)11(2)3/h11-13H,4-10H2,1-3H3,(H3,15,16). The summed E-state index contributed by atoms with van der Waals surface area (Å²) < 4.78 is 0. The second-order valence-electron chi connectivity index (χ2n) is 5.76. The zero-order valence-corrected chi connectivity index (χ0v) is 11.7. The second-order valence-corrected chi connectivity index (χ2v) is 5.76. The highest BCUT2D eigenvalue weighted by molar-refractivity contribution is 5.77. The summed E-state index contributed by atoms with van der Waals surface area (Å²) in [6.45, 7) is 9.27. The summed E-state index contributed by atoms with van der Waals surface area (Å²) in [4.78, 5) is 2.56. The van der Waals surface area contributed by atoms with E-state index in [1.807, 2.05) is 0 Å². The summed E-state index contributed by atoms with van der Waals surface area (Å²) in [5, 5.41) is 7.46. The number of rotatable bonds is 5. The van der Waals surface area contributed by atoms with E-state index in [9.17, 15) is 0 Å². The molecule has 1 heterocycles. The van der Waals surface area contributed by atoms with Gasteiger partial charge in [0, 0.05) is 12.5 Å². The van der Waals surface area contributed by atoms with Crippen molar-refractivity contribution >= 4 is 5.84 Å². The van der Waals surface area contributed by atoms with Gasteiger partial charge >= 0.3 is 0 Å². The molecule has 0 bridgehead atoms. The number of hydrogen-bond donors (Lipinski definition) is 2. The van der Waals surface area contributed by atoms with Crippen LogP contribution in [0.1, 0.15) is 52.9 Å². The first-order valence-corrected chi connectivity index (χ1v) is 7.11. The third-order valence-corrected chi connectivity index (χ3v) is 4.19. The van der Waals surface area contributed by atoms with Gasteiger partial charge in [-0.2, -0.15) is 0 Å². The fourth-order valence-electron chi connectivity index (χ4n) is 2.96. The van der Waals surface area contributed by atoms with E-state index < -0.39 is 0 Å². The normalized spacial score (nSPS) is 24.6. The summed E-state index contributed by atoms with van der Waals surface area (Å²) in [5.41, 5.74) is 5.55. The van der Waals surface area contributed by atoms with Gasteiger partial charge in [0.1, 0.15) is 0 Å². The molecule has 100 valence electrons. The molecular weight excluding hydrogens is 210 g/mol. The van der Waals surface area contributed by atoms with E-state index in [2.05, 4.69) is 25.7 Å². The Morgan fingerprint density at radius 3 is 2.59 bits per heavy atom. The monoisotopic (exact) mass is 239 g/mol. The van der Waals surface area contributed by atoms with E-state index in [-0.39, 0.29) is 0 Å². The van der Waals surface area contributed by atoms with Crippen molar-refractivity contribution in [3.63, 3.8) is 0 Å². The minimum Gasteiger partial charge on any atom is -0.388 e. The first kappa shape index (κ1) is 14.5. The zero-order chi connectivity index (χ0) is 12.8. The average Bonchev–Trinajstić information content (AvgIpc) is 2.51. The van der Waals surface area contributed by atoms with Crippen LogP contribution in [-0.4, -0.2) is 29.9 Å². The average molecular weight is 239 g/mol. The minimum atomic E-state index is 0.335. The maximum absolute atomic E-state index is 7.46. The van der Waals surface area contributed by atoms with Crippen molar-refractivity contribution in [2.24, 2.45) is 17.6 Å². The smallest absolute Gasteiger partial charge is 0.0921 e. The lowest BCUT2D eigenvalue weighted by atomic mass is 9.89. The fraction of sp³-hybridized carbons (Fsp3) is 0.929. The molecule has 1 rings (SSSR count). The fourth-order valence-corrected chi connectivity index (χ4v) is 2.96. The Bertz CT molecular complexity index is 238. The first-order chi connectivity index (χ1) is 8.04. The molecule has 3 N–H and O–H groups in total. The predicted molar refractivity (Wildman–Crippen MR) is 74.4 cm³/mol. The molecule has 0 radical (unpaired) electrons. The van der Waals surface area contributed by atoms with Crippen LogP contribution in [-0.2, 0) is 0 Å². The van der Waals surface area contributed by atoms with E-state index in [4.69, 9.17) is 11.1 Å². The van der Waals surface area contributed by atoms with Crippen molar-refractivity contribution in [3.8, 4) is 0 Å². The van der Waals surface area contributed by atoms with Gasteiger partial charge in [0.05, 0.1) is 5.84 Å². The van der Waals surface area contributed by atoms with Crippen LogP contribution in [0.4, 0.5) is 0 Å². The van der Waals surface area contributed by atoms with Crippen molar-refractivity contribution in [2.75, 3.05) is 13.1 Å². The highest BCUT2D eigenvalue weighted by Crippen LogP contribution is 2.26. The van der Waals surface area contributed by atoms with Crippen LogP contribution in [0, 0.1) is 17.2 Å². The van der Waals surface area contributed by atoms with Crippen LogP contribution >= 0.6 is 0 Å². The first-order valence-electron chi connectivity index (χ1n) is 7.11. The Labute approximate surface area is 106 Å². The summed E-state index contributed by atoms with van der Waals surface area (Å²) in [5.74, 6) is 2.03. The van der Waals surface area contributed by atoms with E-state index in [0.29, 0.717) is 11.9 Å². The van der Waals surface area contributed by atoms with Crippen molar-refractivity contribution in [2.45, 2.75) is 58.9 Å². The van der Waals surface area contributed by atoms with E-state index in [0.717, 1.165) is 24.7 Å². The van der Waals surface area contributed by atoms with Crippen LogP contribution < -0.4 is 5.73 Å². The lowest BCUT2D eigenvalue weighted by molar-refractivity contribution is 0.197. The summed E-state index contributed by atoms with van der Waals surface area (Å²) in [7, 11) is 0. The molecule has 0 aromatic heterocycles. The highest BCUT2D eigenvalue weighted by atomic mass is 15.2. The van der Waals surface area contributed by atoms with Crippen molar-refractivity contribution in [3.05, 3.63) is 0 Å². The summed E-state index contributed by atoms with van der Waals surface area (Å²) >= 11 is 0. The molecular formula is C14H29N3. The molecule has 0 aromatic rings. The number of nitrogens with two attached hydrogens (primary N) is 1. The van der Waals surface area contributed by atoms with E-state index in [1.165, 1.54) is 32.4 Å². The number of likely N-dealkylation sites (tertiary alicyclic amines) is 1. The highest BCUT2D eigenvalue weighted by Gasteiger charge is 2.23. The van der Waals surface area contributed by atoms with Crippen molar-refractivity contribution < 1.29 is 0 Å². The lowest BCUT2D eigenvalue weighted by Gasteiger charge is -2.29. The molecule has 2 atom stereocenters. The van der Waals surface area contributed by atoms with Gasteiger partial charge in [-0.05, 0) is 50.6 Å². The van der Waals surface area contributed by atoms with Gasteiger partial charge in [-0.1, -0.05) is 20.8 Å². The largest absolute Gasteiger partial charge is 0.388 e. The molecule has 3 nitrogen and oxygen atoms in total. The summed E-state index contributed by atoms with van der Waals surface area (Å²) in [6, 6.07) is 0.485. The molecule has 1 fully saturated rings. The van der Waals surface area contributed by atoms with Crippen LogP contribution in [0.25, 0.3) is 0 Å². The number of hydrogen-bond acceptors (Lipinski definition) is 2. The van der Waals surface area contributed by atoms with Crippen LogP contribution in [0.2, 0.25) is 0 Å². The third-order valence-electron chi connectivity index (χ3n) is 4.19. The minimum absolute atomic E-state index is 0.335. The molecule has 0 spiro atoms. The van der Waals surface area contributed by atoms with Gasteiger partial charge < -0.3 is 5.73 Å². The molecule has 1 aliphatic heterocycles. The Hall–Kier alpha value is -0.570.